The highest BCUT2D eigenvalue weighted by molar-refractivity contribution is 5.02. The van der Waals surface area contributed by atoms with Crippen molar-refractivity contribution >= 4 is 0 Å². The summed E-state index contributed by atoms with van der Waals surface area (Å²) in [6.07, 6.45) is 5.00. The van der Waals surface area contributed by atoms with Crippen LogP contribution < -0.4 is 5.32 Å². The van der Waals surface area contributed by atoms with E-state index in [1.54, 1.807) is 0 Å². The van der Waals surface area contributed by atoms with Crippen LogP contribution in [0.4, 0.5) is 0 Å². The van der Waals surface area contributed by atoms with E-state index in [2.05, 4.69) is 35.4 Å². The van der Waals surface area contributed by atoms with Gasteiger partial charge in [-0.15, -0.1) is 0 Å². The topological polar surface area (TPSA) is 47.7 Å². The molecular weight excluding hydrogens is 226 g/mol. The van der Waals surface area contributed by atoms with Crippen LogP contribution in [0.2, 0.25) is 0 Å². The minimum absolute atomic E-state index is 0.797. The molecule has 0 aliphatic rings. The molecule has 2 rings (SSSR count). The zero-order valence-corrected chi connectivity index (χ0v) is 11.1. The summed E-state index contributed by atoms with van der Waals surface area (Å²) in [6.45, 7) is 7.78. The van der Waals surface area contributed by atoms with E-state index in [-0.39, 0.29) is 0 Å². The summed E-state index contributed by atoms with van der Waals surface area (Å²) in [5.41, 5.74) is 2.30. The lowest BCUT2D eigenvalue weighted by atomic mass is 10.4. The number of nitrogens with one attached hydrogen (secondary N) is 1. The van der Waals surface area contributed by atoms with E-state index < -0.39 is 0 Å². The zero-order chi connectivity index (χ0) is 12.8. The van der Waals surface area contributed by atoms with Crippen LogP contribution in [-0.4, -0.2) is 19.6 Å². The molecule has 0 amide bonds. The third kappa shape index (κ3) is 3.20. The minimum Gasteiger partial charge on any atom is -0.305 e. The summed E-state index contributed by atoms with van der Waals surface area (Å²) in [6, 6.07) is 4.12. The van der Waals surface area contributed by atoms with Gasteiger partial charge < -0.3 is 5.32 Å². The maximum atomic E-state index is 4.49. The summed E-state index contributed by atoms with van der Waals surface area (Å²) in [7, 11) is 0. The number of hydrogen-bond donors (Lipinski definition) is 1. The van der Waals surface area contributed by atoms with E-state index in [9.17, 15) is 0 Å². The van der Waals surface area contributed by atoms with Crippen LogP contribution in [0, 0.1) is 0 Å². The molecule has 2 heterocycles. The molecule has 18 heavy (non-hydrogen) atoms. The molecule has 5 nitrogen and oxygen atoms in total. The van der Waals surface area contributed by atoms with Crippen molar-refractivity contribution in [3.8, 4) is 0 Å². The third-order valence-corrected chi connectivity index (χ3v) is 2.86. The molecule has 2 aromatic rings. The van der Waals surface area contributed by atoms with Crippen molar-refractivity contribution in [2.75, 3.05) is 0 Å². The van der Waals surface area contributed by atoms with Crippen molar-refractivity contribution in [1.82, 2.24) is 24.9 Å². The first-order valence-corrected chi connectivity index (χ1v) is 6.57. The lowest BCUT2D eigenvalue weighted by molar-refractivity contribution is 0.562. The molecule has 0 atom stereocenters. The monoisotopic (exact) mass is 247 g/mol. The van der Waals surface area contributed by atoms with Crippen LogP contribution in [0.1, 0.15) is 31.7 Å². The Bertz CT molecular complexity index is 471. The van der Waals surface area contributed by atoms with E-state index in [1.165, 1.54) is 5.69 Å². The molecule has 0 aromatic carbocycles. The Morgan fingerprint density at radius 1 is 1.22 bits per heavy atom. The van der Waals surface area contributed by atoms with Gasteiger partial charge in [-0.3, -0.25) is 9.36 Å². The van der Waals surface area contributed by atoms with Gasteiger partial charge in [0.1, 0.15) is 0 Å². The van der Waals surface area contributed by atoms with E-state index in [4.69, 9.17) is 0 Å². The summed E-state index contributed by atoms with van der Waals surface area (Å²) < 4.78 is 4.00. The lowest BCUT2D eigenvalue weighted by Crippen LogP contribution is -2.16. The molecule has 0 bridgehead atoms. The second-order valence-corrected chi connectivity index (χ2v) is 4.31. The lowest BCUT2D eigenvalue weighted by Gasteiger charge is -2.05. The molecule has 0 aliphatic carbocycles. The van der Waals surface area contributed by atoms with Crippen LogP contribution in [0.25, 0.3) is 0 Å². The van der Waals surface area contributed by atoms with Crippen LogP contribution in [0.15, 0.2) is 24.5 Å². The van der Waals surface area contributed by atoms with Crippen molar-refractivity contribution < 1.29 is 0 Å². The van der Waals surface area contributed by atoms with Gasteiger partial charge in [0.15, 0.2) is 0 Å². The molecule has 1 N–H and O–H groups in total. The van der Waals surface area contributed by atoms with Gasteiger partial charge in [0, 0.05) is 38.6 Å². The molecule has 0 saturated carbocycles. The second kappa shape index (κ2) is 6.35. The fraction of sp³-hybridized carbons (Fsp3) is 0.538. The molecule has 0 fully saturated rings. The van der Waals surface area contributed by atoms with E-state index in [1.807, 2.05) is 27.8 Å². The highest BCUT2D eigenvalue weighted by atomic mass is 15.3. The van der Waals surface area contributed by atoms with Crippen LogP contribution >= 0.6 is 0 Å². The summed E-state index contributed by atoms with van der Waals surface area (Å²) in [5.74, 6) is 0. The molecule has 0 aliphatic heterocycles. The predicted molar refractivity (Wildman–Crippen MR) is 71.0 cm³/mol. The van der Waals surface area contributed by atoms with Gasteiger partial charge in [-0.25, -0.2) is 0 Å². The molecule has 2 aromatic heterocycles. The Morgan fingerprint density at radius 2 is 2.11 bits per heavy atom. The van der Waals surface area contributed by atoms with Crippen LogP contribution in [0.3, 0.4) is 0 Å². The van der Waals surface area contributed by atoms with Gasteiger partial charge in [0.2, 0.25) is 0 Å². The summed E-state index contributed by atoms with van der Waals surface area (Å²) in [5, 5.41) is 12.1. The first-order valence-electron chi connectivity index (χ1n) is 6.57. The van der Waals surface area contributed by atoms with Crippen molar-refractivity contribution in [2.45, 2.75) is 46.4 Å². The van der Waals surface area contributed by atoms with E-state index in [0.29, 0.717) is 0 Å². The highest BCUT2D eigenvalue weighted by Gasteiger charge is 2.01. The average Bonchev–Trinajstić information content (AvgIpc) is 2.99. The normalized spacial score (nSPS) is 11.0. The van der Waals surface area contributed by atoms with Crippen molar-refractivity contribution in [1.29, 1.82) is 0 Å². The van der Waals surface area contributed by atoms with Gasteiger partial charge in [-0.1, -0.05) is 6.92 Å². The zero-order valence-electron chi connectivity index (χ0n) is 11.1. The third-order valence-electron chi connectivity index (χ3n) is 2.86. The van der Waals surface area contributed by atoms with Gasteiger partial charge in [0.05, 0.1) is 11.4 Å². The first-order chi connectivity index (χ1) is 8.83. The molecule has 98 valence electrons. The van der Waals surface area contributed by atoms with E-state index in [0.717, 1.165) is 38.3 Å². The molecular formula is C13H21N5. The Morgan fingerprint density at radius 3 is 2.89 bits per heavy atom. The Labute approximate surface area is 108 Å². The fourth-order valence-electron chi connectivity index (χ4n) is 1.97. The quantitative estimate of drug-likeness (QED) is 0.811. The number of nitrogens with zero attached hydrogens (tertiary/aromatic N) is 4. The smallest absolute Gasteiger partial charge is 0.0762 e. The van der Waals surface area contributed by atoms with Crippen LogP contribution in [-0.2, 0) is 26.2 Å². The van der Waals surface area contributed by atoms with Gasteiger partial charge in [0.25, 0.3) is 0 Å². The maximum absolute atomic E-state index is 4.49. The van der Waals surface area contributed by atoms with Crippen molar-refractivity contribution in [3.05, 3.63) is 35.9 Å². The maximum Gasteiger partial charge on any atom is 0.0762 e. The number of aromatic nitrogens is 4. The van der Waals surface area contributed by atoms with E-state index >= 15 is 0 Å². The fourth-order valence-corrected chi connectivity index (χ4v) is 1.97. The van der Waals surface area contributed by atoms with Gasteiger partial charge in [-0.05, 0) is 25.5 Å². The van der Waals surface area contributed by atoms with Crippen molar-refractivity contribution in [2.24, 2.45) is 0 Å². The Kier molecular flexibility index (Phi) is 4.52. The molecule has 0 radical (unpaired) electrons. The van der Waals surface area contributed by atoms with Crippen molar-refractivity contribution in [3.63, 3.8) is 0 Å². The standard InChI is InChI=1S/C13H21N5/c1-3-8-17-9-6-12(16-17)10-14-11-13-5-7-15-18(13)4-2/h5-7,9,14H,3-4,8,10-11H2,1-2H3. The molecule has 5 heteroatoms. The van der Waals surface area contributed by atoms with Crippen LogP contribution in [0.5, 0.6) is 0 Å². The highest BCUT2D eigenvalue weighted by Crippen LogP contribution is 2.00. The Hall–Kier alpha value is -1.62. The molecule has 0 spiro atoms. The second-order valence-electron chi connectivity index (χ2n) is 4.31. The summed E-state index contributed by atoms with van der Waals surface area (Å²) >= 11 is 0. The minimum atomic E-state index is 0.797. The average molecular weight is 247 g/mol. The van der Waals surface area contributed by atoms with Gasteiger partial charge >= 0.3 is 0 Å². The molecule has 0 unspecified atom stereocenters. The largest absolute Gasteiger partial charge is 0.305 e. The Balaban J connectivity index is 1.81. The number of aryl methyl sites for hydroxylation is 2. The SMILES string of the molecule is CCCn1ccc(CNCc2ccnn2CC)n1. The van der Waals surface area contributed by atoms with Gasteiger partial charge in [-0.2, -0.15) is 10.2 Å². The first kappa shape index (κ1) is 12.8. The molecule has 0 saturated heterocycles. The summed E-state index contributed by atoms with van der Waals surface area (Å²) in [4.78, 5) is 0. The predicted octanol–water partition coefficient (Wildman–Crippen LogP) is 1.80. The number of rotatable bonds is 7. The number of hydrogen-bond acceptors (Lipinski definition) is 3.